The molecule has 100 valence electrons. The van der Waals surface area contributed by atoms with Crippen molar-refractivity contribution in [2.75, 3.05) is 5.43 Å². The number of nitrogens with one attached hydrogen (secondary N) is 1. The van der Waals surface area contributed by atoms with Gasteiger partial charge in [-0.1, -0.05) is 31.5 Å². The Morgan fingerprint density at radius 2 is 2.26 bits per heavy atom. The van der Waals surface area contributed by atoms with E-state index in [9.17, 15) is 0 Å². The lowest BCUT2D eigenvalue weighted by atomic mass is 9.49. The number of nitrogens with zero attached hydrogens (tertiary/aromatic N) is 3. The van der Waals surface area contributed by atoms with Gasteiger partial charge in [-0.3, -0.25) is 5.43 Å². The van der Waals surface area contributed by atoms with Crippen molar-refractivity contribution in [2.45, 2.75) is 26.7 Å². The van der Waals surface area contributed by atoms with E-state index in [2.05, 4.69) is 40.6 Å². The first-order chi connectivity index (χ1) is 9.07. The van der Waals surface area contributed by atoms with Crippen LogP contribution in [0.3, 0.4) is 0 Å². The van der Waals surface area contributed by atoms with Gasteiger partial charge in [0.2, 0.25) is 0 Å². The average Bonchev–Trinajstić information content (AvgIpc) is 2.41. The lowest BCUT2D eigenvalue weighted by Gasteiger charge is -2.55. The molecule has 5 heteroatoms. The Kier molecular flexibility index (Phi) is 3.05. The number of hydrogen-bond acceptors (Lipinski definition) is 4. The van der Waals surface area contributed by atoms with Crippen LogP contribution in [0.5, 0.6) is 0 Å². The van der Waals surface area contributed by atoms with Crippen LogP contribution >= 0.6 is 11.6 Å². The Morgan fingerprint density at radius 1 is 1.42 bits per heavy atom. The number of aromatic nitrogens is 2. The molecule has 0 aromatic carbocycles. The summed E-state index contributed by atoms with van der Waals surface area (Å²) in [7, 11) is 0. The minimum Gasteiger partial charge on any atom is -0.260 e. The molecule has 0 unspecified atom stereocenters. The molecule has 0 spiro atoms. The minimum absolute atomic E-state index is 0.381. The monoisotopic (exact) mass is 276 g/mol. The minimum atomic E-state index is 0.381. The van der Waals surface area contributed by atoms with Gasteiger partial charge in [0.05, 0.1) is 6.21 Å². The second-order valence-electron chi connectivity index (χ2n) is 5.86. The molecule has 0 aliphatic heterocycles. The third kappa shape index (κ3) is 2.25. The number of fused-ring (bicyclic) bond motifs is 1. The highest BCUT2D eigenvalue weighted by Gasteiger charge is 2.50. The van der Waals surface area contributed by atoms with E-state index >= 15 is 0 Å². The normalized spacial score (nSPS) is 27.8. The van der Waals surface area contributed by atoms with E-state index in [1.165, 1.54) is 18.4 Å². The second kappa shape index (κ2) is 4.60. The molecule has 3 aliphatic carbocycles. The van der Waals surface area contributed by atoms with Crippen molar-refractivity contribution >= 4 is 23.6 Å². The number of hydrazone groups is 1. The lowest BCUT2D eigenvalue weighted by molar-refractivity contribution is -0.00124. The SMILES string of the molecule is CC1(C)[C@H]2CC=C(/C=N\Nc3ccc(Cl)nn3)[C@@H]1C2. The second-order valence-corrected chi connectivity index (χ2v) is 6.24. The molecule has 2 atom stereocenters. The fraction of sp³-hybridized carbons (Fsp3) is 0.500. The van der Waals surface area contributed by atoms with Crippen molar-refractivity contribution in [1.29, 1.82) is 0 Å². The summed E-state index contributed by atoms with van der Waals surface area (Å²) >= 11 is 5.67. The molecular weight excluding hydrogens is 260 g/mol. The van der Waals surface area contributed by atoms with Crippen molar-refractivity contribution in [3.05, 3.63) is 28.9 Å². The quantitative estimate of drug-likeness (QED) is 0.679. The molecule has 1 saturated carbocycles. The van der Waals surface area contributed by atoms with E-state index in [0.717, 1.165) is 5.92 Å². The molecule has 4 nitrogen and oxygen atoms in total. The zero-order valence-electron chi connectivity index (χ0n) is 11.1. The summed E-state index contributed by atoms with van der Waals surface area (Å²) in [6.07, 6.45) is 6.69. The molecule has 1 N–H and O–H groups in total. The predicted molar refractivity (Wildman–Crippen MR) is 77.2 cm³/mol. The van der Waals surface area contributed by atoms with E-state index < -0.39 is 0 Å². The molecule has 3 aliphatic rings. The Labute approximate surface area is 118 Å². The summed E-state index contributed by atoms with van der Waals surface area (Å²) in [5.74, 6) is 2.10. The zero-order valence-corrected chi connectivity index (χ0v) is 11.9. The van der Waals surface area contributed by atoms with Crippen molar-refractivity contribution in [3.8, 4) is 0 Å². The van der Waals surface area contributed by atoms with Gasteiger partial charge < -0.3 is 0 Å². The van der Waals surface area contributed by atoms with Gasteiger partial charge in [0.25, 0.3) is 0 Å². The summed E-state index contributed by atoms with van der Waals surface area (Å²) in [4.78, 5) is 0. The van der Waals surface area contributed by atoms with Crippen LogP contribution in [0.15, 0.2) is 28.9 Å². The zero-order chi connectivity index (χ0) is 13.5. The topological polar surface area (TPSA) is 50.2 Å². The number of halogens is 1. The van der Waals surface area contributed by atoms with E-state index in [0.29, 0.717) is 22.3 Å². The molecule has 1 aromatic heterocycles. The molecule has 2 bridgehead atoms. The third-order valence-electron chi connectivity index (χ3n) is 4.54. The molecule has 0 amide bonds. The average molecular weight is 277 g/mol. The van der Waals surface area contributed by atoms with Gasteiger partial charge in [0, 0.05) is 0 Å². The van der Waals surface area contributed by atoms with Gasteiger partial charge in [0.15, 0.2) is 11.0 Å². The Bertz CT molecular complexity index is 533. The van der Waals surface area contributed by atoms with Crippen LogP contribution in [0.1, 0.15) is 26.7 Å². The summed E-state index contributed by atoms with van der Waals surface area (Å²) in [5, 5.41) is 12.3. The van der Waals surface area contributed by atoms with Gasteiger partial charge in [0.1, 0.15) is 0 Å². The van der Waals surface area contributed by atoms with Gasteiger partial charge in [-0.15, -0.1) is 10.2 Å². The van der Waals surface area contributed by atoms with Crippen molar-refractivity contribution in [2.24, 2.45) is 22.4 Å². The fourth-order valence-corrected chi connectivity index (χ4v) is 3.19. The summed E-state index contributed by atoms with van der Waals surface area (Å²) < 4.78 is 0. The third-order valence-corrected chi connectivity index (χ3v) is 4.74. The number of allylic oxidation sites excluding steroid dienone is 2. The maximum absolute atomic E-state index is 5.67. The fourth-order valence-electron chi connectivity index (χ4n) is 3.09. The largest absolute Gasteiger partial charge is 0.260 e. The molecule has 4 rings (SSSR count). The summed E-state index contributed by atoms with van der Waals surface area (Å²) in [5.41, 5.74) is 4.64. The van der Waals surface area contributed by atoms with Gasteiger partial charge in [-0.2, -0.15) is 5.10 Å². The van der Waals surface area contributed by atoms with Crippen molar-refractivity contribution in [3.63, 3.8) is 0 Å². The van der Waals surface area contributed by atoms with Crippen molar-refractivity contribution in [1.82, 2.24) is 10.2 Å². The van der Waals surface area contributed by atoms with Gasteiger partial charge in [-0.05, 0) is 47.8 Å². The van der Waals surface area contributed by atoms with E-state index in [1.54, 1.807) is 12.1 Å². The van der Waals surface area contributed by atoms with Crippen LogP contribution in [0.4, 0.5) is 5.82 Å². The molecule has 19 heavy (non-hydrogen) atoms. The Hall–Kier alpha value is -1.42. The highest BCUT2D eigenvalue weighted by molar-refractivity contribution is 6.29. The maximum Gasteiger partial charge on any atom is 0.168 e. The number of hydrogen-bond donors (Lipinski definition) is 1. The van der Waals surface area contributed by atoms with E-state index in [-0.39, 0.29) is 0 Å². The van der Waals surface area contributed by atoms with Crippen molar-refractivity contribution < 1.29 is 0 Å². The molecule has 0 radical (unpaired) electrons. The maximum atomic E-state index is 5.67. The highest BCUT2D eigenvalue weighted by atomic mass is 35.5. The van der Waals surface area contributed by atoms with Crippen LogP contribution in [-0.4, -0.2) is 16.4 Å². The standard InChI is InChI=1S/C14H17ClN4/c1-14(2)10-4-3-9(11(14)7-10)8-16-18-13-6-5-12(15)17-19-13/h3,5-6,8,10-11H,4,7H2,1-2H3,(H,18,19)/b16-8-/t10-,11-/m0/s1. The number of anilines is 1. The van der Waals surface area contributed by atoms with Crippen LogP contribution in [0.25, 0.3) is 0 Å². The predicted octanol–water partition coefficient (Wildman–Crippen LogP) is 3.52. The van der Waals surface area contributed by atoms with Crippen LogP contribution in [-0.2, 0) is 0 Å². The Morgan fingerprint density at radius 3 is 2.89 bits per heavy atom. The Balaban J connectivity index is 1.64. The number of rotatable bonds is 3. The summed E-state index contributed by atoms with van der Waals surface area (Å²) in [6.45, 7) is 4.70. The van der Waals surface area contributed by atoms with E-state index in [4.69, 9.17) is 11.6 Å². The van der Waals surface area contributed by atoms with Gasteiger partial charge in [-0.25, -0.2) is 0 Å². The molecule has 1 fully saturated rings. The smallest absolute Gasteiger partial charge is 0.168 e. The highest BCUT2D eigenvalue weighted by Crippen LogP contribution is 2.58. The van der Waals surface area contributed by atoms with Gasteiger partial charge >= 0.3 is 0 Å². The molecule has 1 aromatic rings. The molecular formula is C14H17ClN4. The summed E-state index contributed by atoms with van der Waals surface area (Å²) in [6, 6.07) is 3.44. The van der Waals surface area contributed by atoms with Crippen LogP contribution in [0, 0.1) is 17.3 Å². The first-order valence-corrected chi connectivity index (χ1v) is 6.93. The first-order valence-electron chi connectivity index (χ1n) is 6.56. The first kappa shape index (κ1) is 12.6. The molecule has 1 heterocycles. The van der Waals surface area contributed by atoms with E-state index in [1.807, 2.05) is 6.21 Å². The van der Waals surface area contributed by atoms with Crippen LogP contribution in [0.2, 0.25) is 5.15 Å². The molecule has 0 saturated heterocycles. The lowest BCUT2D eigenvalue weighted by Crippen LogP contribution is -2.48. The van der Waals surface area contributed by atoms with Crippen LogP contribution < -0.4 is 5.43 Å².